The van der Waals surface area contributed by atoms with Crippen LogP contribution < -0.4 is 5.32 Å². The van der Waals surface area contributed by atoms with E-state index in [0.717, 1.165) is 23.0 Å². The molecule has 0 aliphatic heterocycles. The van der Waals surface area contributed by atoms with Gasteiger partial charge in [0.1, 0.15) is 17.2 Å². The quantitative estimate of drug-likeness (QED) is 0.687. The number of benzene rings is 2. The van der Waals surface area contributed by atoms with Gasteiger partial charge in [0.2, 0.25) is 0 Å². The number of hydrogen-bond acceptors (Lipinski definition) is 3. The van der Waals surface area contributed by atoms with E-state index in [2.05, 4.69) is 15.5 Å². The number of hydrogen-bond donors (Lipinski definition) is 3. The van der Waals surface area contributed by atoms with Gasteiger partial charge in [-0.1, -0.05) is 6.07 Å². The molecule has 0 spiro atoms. The second-order valence-electron chi connectivity index (χ2n) is 5.75. The van der Waals surface area contributed by atoms with Crippen molar-refractivity contribution in [1.82, 2.24) is 15.5 Å². The first kappa shape index (κ1) is 16.1. The van der Waals surface area contributed by atoms with Crippen LogP contribution in [0.2, 0.25) is 0 Å². The highest BCUT2D eigenvalue weighted by Gasteiger charge is 2.27. The molecule has 1 heterocycles. The van der Waals surface area contributed by atoms with Crippen LogP contribution in [0.1, 0.15) is 22.8 Å². The van der Waals surface area contributed by atoms with Gasteiger partial charge in [0.15, 0.2) is 0 Å². The fraction of sp³-hybridized carbons (Fsp3) is 0.176. The molecule has 3 N–H and O–H groups in total. The second-order valence-corrected chi connectivity index (χ2v) is 5.75. The molecule has 7 heteroatoms. The summed E-state index contributed by atoms with van der Waals surface area (Å²) in [4.78, 5) is 12.2. The number of aromatic amines is 1. The lowest BCUT2D eigenvalue weighted by Gasteiger charge is -2.24. The van der Waals surface area contributed by atoms with Crippen LogP contribution in [0.5, 0.6) is 0 Å². The number of rotatable bonds is 4. The average molecular weight is 331 g/mol. The van der Waals surface area contributed by atoms with Crippen molar-refractivity contribution in [2.75, 3.05) is 6.54 Å². The van der Waals surface area contributed by atoms with Crippen LogP contribution in [0, 0.1) is 11.6 Å². The predicted octanol–water partition coefficient (Wildman–Crippen LogP) is 2.48. The summed E-state index contributed by atoms with van der Waals surface area (Å²) in [5.41, 5.74) is -0.576. The number of fused-ring (bicyclic) bond motifs is 1. The highest BCUT2D eigenvalue weighted by atomic mass is 19.1. The molecule has 124 valence electrons. The van der Waals surface area contributed by atoms with Crippen LogP contribution >= 0.6 is 0 Å². The lowest BCUT2D eigenvalue weighted by atomic mass is 9.95. The van der Waals surface area contributed by atoms with Gasteiger partial charge < -0.3 is 10.4 Å². The van der Waals surface area contributed by atoms with Crippen molar-refractivity contribution in [2.45, 2.75) is 12.5 Å². The minimum absolute atomic E-state index is 0.0884. The highest BCUT2D eigenvalue weighted by Crippen LogP contribution is 2.23. The number of H-pyrrole nitrogens is 1. The second kappa shape index (κ2) is 6.01. The molecule has 1 unspecified atom stereocenters. The van der Waals surface area contributed by atoms with Crippen molar-refractivity contribution in [3.05, 3.63) is 65.4 Å². The Morgan fingerprint density at radius 3 is 2.83 bits per heavy atom. The van der Waals surface area contributed by atoms with E-state index in [4.69, 9.17) is 0 Å². The molecule has 2 aromatic carbocycles. The van der Waals surface area contributed by atoms with Gasteiger partial charge in [-0.3, -0.25) is 9.89 Å². The number of aliphatic hydroxyl groups is 1. The molecule has 0 saturated heterocycles. The summed E-state index contributed by atoms with van der Waals surface area (Å²) in [6.07, 6.45) is 1.59. The number of carbonyl (C=O) groups is 1. The van der Waals surface area contributed by atoms with Gasteiger partial charge in [-0.05, 0) is 31.2 Å². The molecule has 0 aliphatic carbocycles. The zero-order chi connectivity index (χ0) is 17.3. The van der Waals surface area contributed by atoms with Crippen LogP contribution in [0.25, 0.3) is 10.9 Å². The van der Waals surface area contributed by atoms with E-state index in [9.17, 15) is 18.7 Å². The molecule has 1 amide bonds. The number of nitrogens with zero attached hydrogens (tertiary/aromatic N) is 1. The number of amides is 1. The maximum absolute atomic E-state index is 13.8. The summed E-state index contributed by atoms with van der Waals surface area (Å²) < 4.78 is 26.8. The molecule has 3 rings (SSSR count). The van der Waals surface area contributed by atoms with Gasteiger partial charge in [-0.2, -0.15) is 5.10 Å². The molecule has 0 bridgehead atoms. The summed E-state index contributed by atoms with van der Waals surface area (Å²) in [6.45, 7) is 1.13. The Kier molecular flexibility index (Phi) is 4.02. The monoisotopic (exact) mass is 331 g/mol. The standard InChI is InChI=1S/C17H15F2N3O2/c1-17(24,13-4-3-12(18)7-14(13)19)9-20-16(23)10-2-5-15-11(6-10)8-21-22-15/h2-8,24H,9H2,1H3,(H,20,23)(H,21,22). The first-order chi connectivity index (χ1) is 11.4. The molecule has 0 saturated carbocycles. The summed E-state index contributed by atoms with van der Waals surface area (Å²) >= 11 is 0. The minimum atomic E-state index is -1.67. The Morgan fingerprint density at radius 1 is 1.29 bits per heavy atom. The molecule has 24 heavy (non-hydrogen) atoms. The lowest BCUT2D eigenvalue weighted by Crippen LogP contribution is -2.39. The summed E-state index contributed by atoms with van der Waals surface area (Å²) in [6, 6.07) is 7.90. The van der Waals surface area contributed by atoms with Gasteiger partial charge in [-0.25, -0.2) is 8.78 Å². The van der Waals surface area contributed by atoms with Crippen molar-refractivity contribution in [2.24, 2.45) is 0 Å². The van der Waals surface area contributed by atoms with Crippen LogP contribution in [-0.2, 0) is 5.60 Å². The van der Waals surface area contributed by atoms with Crippen LogP contribution in [0.3, 0.4) is 0 Å². The fourth-order valence-electron chi connectivity index (χ4n) is 2.46. The fourth-order valence-corrected chi connectivity index (χ4v) is 2.46. The van der Waals surface area contributed by atoms with Gasteiger partial charge in [0, 0.05) is 22.6 Å². The van der Waals surface area contributed by atoms with E-state index in [1.54, 1.807) is 24.4 Å². The molecule has 0 fully saturated rings. The van der Waals surface area contributed by atoms with E-state index in [-0.39, 0.29) is 12.1 Å². The maximum atomic E-state index is 13.8. The first-order valence-corrected chi connectivity index (χ1v) is 7.26. The number of carbonyl (C=O) groups excluding carboxylic acids is 1. The smallest absolute Gasteiger partial charge is 0.251 e. The van der Waals surface area contributed by atoms with Gasteiger partial charge in [0.05, 0.1) is 18.3 Å². The Labute approximate surface area is 136 Å². The van der Waals surface area contributed by atoms with Crippen molar-refractivity contribution in [3.63, 3.8) is 0 Å². The predicted molar refractivity (Wildman–Crippen MR) is 84.4 cm³/mol. The summed E-state index contributed by atoms with van der Waals surface area (Å²) in [5, 5.41) is 20.4. The van der Waals surface area contributed by atoms with Crippen molar-refractivity contribution in [1.29, 1.82) is 0 Å². The summed E-state index contributed by atoms with van der Waals surface area (Å²) in [7, 11) is 0. The number of aromatic nitrogens is 2. The molecule has 1 atom stereocenters. The minimum Gasteiger partial charge on any atom is -0.383 e. The maximum Gasteiger partial charge on any atom is 0.251 e. The van der Waals surface area contributed by atoms with Crippen molar-refractivity contribution >= 4 is 16.8 Å². The van der Waals surface area contributed by atoms with E-state index >= 15 is 0 Å². The Hall–Kier alpha value is -2.80. The highest BCUT2D eigenvalue weighted by molar-refractivity contribution is 5.97. The number of nitrogens with one attached hydrogen (secondary N) is 2. The van der Waals surface area contributed by atoms with E-state index in [1.807, 2.05) is 0 Å². The third-order valence-corrected chi connectivity index (χ3v) is 3.81. The van der Waals surface area contributed by atoms with Crippen molar-refractivity contribution < 1.29 is 18.7 Å². The third-order valence-electron chi connectivity index (χ3n) is 3.81. The van der Waals surface area contributed by atoms with Crippen LogP contribution in [0.15, 0.2) is 42.6 Å². The van der Waals surface area contributed by atoms with E-state index in [0.29, 0.717) is 11.6 Å². The van der Waals surface area contributed by atoms with Gasteiger partial charge in [-0.15, -0.1) is 0 Å². The Balaban J connectivity index is 1.74. The van der Waals surface area contributed by atoms with Crippen molar-refractivity contribution in [3.8, 4) is 0 Å². The van der Waals surface area contributed by atoms with Crippen LogP contribution in [-0.4, -0.2) is 27.8 Å². The van der Waals surface area contributed by atoms with E-state index < -0.39 is 23.1 Å². The van der Waals surface area contributed by atoms with E-state index in [1.165, 1.54) is 6.92 Å². The van der Waals surface area contributed by atoms with Gasteiger partial charge in [0.25, 0.3) is 5.91 Å². The molecule has 5 nitrogen and oxygen atoms in total. The Morgan fingerprint density at radius 2 is 2.08 bits per heavy atom. The first-order valence-electron chi connectivity index (χ1n) is 7.26. The van der Waals surface area contributed by atoms with Gasteiger partial charge >= 0.3 is 0 Å². The summed E-state index contributed by atoms with van der Waals surface area (Å²) in [5.74, 6) is -2.01. The zero-order valence-corrected chi connectivity index (χ0v) is 12.8. The van der Waals surface area contributed by atoms with Crippen LogP contribution in [0.4, 0.5) is 8.78 Å². The number of halogens is 2. The largest absolute Gasteiger partial charge is 0.383 e. The molecule has 0 aliphatic rings. The Bertz CT molecular complexity index is 906. The molecule has 0 radical (unpaired) electrons. The molecular formula is C17H15F2N3O2. The molecule has 1 aromatic heterocycles. The third kappa shape index (κ3) is 3.11. The normalized spacial score (nSPS) is 13.7. The topological polar surface area (TPSA) is 78.0 Å². The SMILES string of the molecule is CC(O)(CNC(=O)c1ccc2[nH]ncc2c1)c1ccc(F)cc1F. The average Bonchev–Trinajstić information content (AvgIpc) is 2.99. The zero-order valence-electron chi connectivity index (χ0n) is 12.8. The lowest BCUT2D eigenvalue weighted by molar-refractivity contribution is 0.0494. The molecular weight excluding hydrogens is 316 g/mol. The molecule has 3 aromatic rings.